The molecule has 0 spiro atoms. The van der Waals surface area contributed by atoms with Crippen molar-refractivity contribution in [3.05, 3.63) is 46.6 Å². The fraction of sp³-hybridized carbons (Fsp3) is 0.353. The summed E-state index contributed by atoms with van der Waals surface area (Å²) >= 11 is 0. The molecule has 1 aliphatic carbocycles. The Morgan fingerprint density at radius 1 is 1.36 bits per heavy atom. The minimum atomic E-state index is -1.41. The number of aromatic nitrogens is 1. The summed E-state index contributed by atoms with van der Waals surface area (Å²) in [5.74, 6) is -2.02. The van der Waals surface area contributed by atoms with Crippen LogP contribution in [0.15, 0.2) is 22.7 Å². The number of carbonyl (C=O) groups excluding carboxylic acids is 1. The second kappa shape index (κ2) is 6.92. The molecule has 0 fully saturated rings. The zero-order chi connectivity index (χ0) is 18.0. The molecule has 0 radical (unpaired) electrons. The topological polar surface area (TPSA) is 102 Å². The number of carbonyl (C=O) groups is 2. The maximum atomic E-state index is 13.9. The summed E-state index contributed by atoms with van der Waals surface area (Å²) in [7, 11) is 1.31. The van der Waals surface area contributed by atoms with Crippen LogP contribution in [0.2, 0.25) is 0 Å². The van der Waals surface area contributed by atoms with Gasteiger partial charge in [0.2, 0.25) is 0 Å². The van der Waals surface area contributed by atoms with Crippen molar-refractivity contribution >= 4 is 11.9 Å². The van der Waals surface area contributed by atoms with Gasteiger partial charge in [0.1, 0.15) is 5.76 Å². The van der Waals surface area contributed by atoms with Crippen LogP contribution in [0.3, 0.4) is 0 Å². The predicted octanol–water partition coefficient (Wildman–Crippen LogP) is 2.26. The molecule has 1 unspecified atom stereocenters. The number of rotatable bonds is 5. The van der Waals surface area contributed by atoms with Crippen LogP contribution < -0.4 is 10.1 Å². The third-order valence-corrected chi connectivity index (χ3v) is 4.20. The Labute approximate surface area is 142 Å². The molecule has 1 aromatic carbocycles. The van der Waals surface area contributed by atoms with Gasteiger partial charge in [-0.2, -0.15) is 0 Å². The molecular weight excluding hydrogens is 331 g/mol. The summed E-state index contributed by atoms with van der Waals surface area (Å²) in [5.41, 5.74) is 0.903. The molecular formula is C17H17FN2O5. The maximum absolute atomic E-state index is 13.9. The van der Waals surface area contributed by atoms with Crippen LogP contribution in [-0.4, -0.2) is 29.2 Å². The van der Waals surface area contributed by atoms with E-state index in [0.29, 0.717) is 24.2 Å². The highest BCUT2D eigenvalue weighted by Crippen LogP contribution is 2.26. The van der Waals surface area contributed by atoms with Crippen molar-refractivity contribution in [3.8, 4) is 5.75 Å². The van der Waals surface area contributed by atoms with Gasteiger partial charge >= 0.3 is 5.97 Å². The third kappa shape index (κ3) is 3.33. The molecule has 3 rings (SSSR count). The van der Waals surface area contributed by atoms with Crippen molar-refractivity contribution < 1.29 is 28.3 Å². The third-order valence-electron chi connectivity index (χ3n) is 4.20. The summed E-state index contributed by atoms with van der Waals surface area (Å²) < 4.78 is 23.8. The molecule has 1 aliphatic rings. The smallest absolute Gasteiger partial charge is 0.330 e. The normalized spacial score (nSPS) is 14.5. The largest absolute Gasteiger partial charge is 0.494 e. The van der Waals surface area contributed by atoms with Crippen LogP contribution >= 0.6 is 0 Å². The van der Waals surface area contributed by atoms with E-state index in [2.05, 4.69) is 10.5 Å². The number of nitrogens with zero attached hydrogens (tertiary/aromatic N) is 1. The van der Waals surface area contributed by atoms with E-state index in [-0.39, 0.29) is 17.0 Å². The van der Waals surface area contributed by atoms with Gasteiger partial charge in [0.25, 0.3) is 5.91 Å². The summed E-state index contributed by atoms with van der Waals surface area (Å²) in [6.45, 7) is 0. The first kappa shape index (κ1) is 16.9. The van der Waals surface area contributed by atoms with Crippen molar-refractivity contribution in [1.82, 2.24) is 10.5 Å². The second-order valence-electron chi connectivity index (χ2n) is 5.78. The van der Waals surface area contributed by atoms with E-state index in [0.717, 1.165) is 18.9 Å². The number of carboxylic acid groups (broad SMARTS) is 1. The average Bonchev–Trinajstić information content (AvgIpc) is 3.03. The summed E-state index contributed by atoms with van der Waals surface area (Å²) in [6.07, 6.45) is 3.25. The van der Waals surface area contributed by atoms with Crippen LogP contribution in [-0.2, 0) is 17.6 Å². The van der Waals surface area contributed by atoms with Gasteiger partial charge in [-0.25, -0.2) is 9.18 Å². The summed E-state index contributed by atoms with van der Waals surface area (Å²) in [4.78, 5) is 24.0. The molecule has 0 aliphatic heterocycles. The molecule has 2 aromatic rings. The number of nitrogens with one attached hydrogen (secondary N) is 1. The number of ether oxygens (including phenoxy) is 1. The number of halogens is 1. The molecule has 0 saturated heterocycles. The lowest BCUT2D eigenvalue weighted by Crippen LogP contribution is -2.34. The van der Waals surface area contributed by atoms with Crippen molar-refractivity contribution in [2.75, 3.05) is 7.11 Å². The molecule has 1 heterocycles. The molecule has 2 N–H and O–H groups in total. The zero-order valence-electron chi connectivity index (χ0n) is 13.5. The van der Waals surface area contributed by atoms with Gasteiger partial charge in [0.15, 0.2) is 23.3 Å². The quantitative estimate of drug-likeness (QED) is 0.859. The van der Waals surface area contributed by atoms with Crippen LogP contribution in [0.1, 0.15) is 46.3 Å². The number of benzene rings is 1. The fourth-order valence-electron chi connectivity index (χ4n) is 2.91. The van der Waals surface area contributed by atoms with Crippen molar-refractivity contribution in [3.63, 3.8) is 0 Å². The Hall–Kier alpha value is -2.90. The Morgan fingerprint density at radius 2 is 2.12 bits per heavy atom. The standard InChI is InChI=1S/C17H17FN2O5/c1-24-13-7-6-9(8-11(13)18)14(17(22)23)19-16(21)15-10-4-2-3-5-12(10)25-20-15/h6-8,14H,2-5H2,1H3,(H,19,21)(H,22,23). The van der Waals surface area contributed by atoms with Gasteiger partial charge in [0, 0.05) is 12.0 Å². The molecule has 0 bridgehead atoms. The lowest BCUT2D eigenvalue weighted by molar-refractivity contribution is -0.139. The second-order valence-corrected chi connectivity index (χ2v) is 5.78. The molecule has 7 nitrogen and oxygen atoms in total. The van der Waals surface area contributed by atoms with Crippen molar-refractivity contribution in [2.24, 2.45) is 0 Å². The van der Waals surface area contributed by atoms with Gasteiger partial charge in [-0.1, -0.05) is 11.2 Å². The lowest BCUT2D eigenvalue weighted by atomic mass is 9.96. The monoisotopic (exact) mass is 348 g/mol. The Morgan fingerprint density at radius 3 is 2.80 bits per heavy atom. The highest BCUT2D eigenvalue weighted by molar-refractivity contribution is 5.96. The summed E-state index contributed by atoms with van der Waals surface area (Å²) in [6, 6.07) is 2.31. The van der Waals surface area contributed by atoms with Gasteiger partial charge in [0.05, 0.1) is 7.11 Å². The minimum Gasteiger partial charge on any atom is -0.494 e. The number of hydrogen-bond acceptors (Lipinski definition) is 5. The number of aryl methyl sites for hydroxylation is 1. The molecule has 8 heteroatoms. The van der Waals surface area contributed by atoms with E-state index in [1.54, 1.807) is 0 Å². The number of fused-ring (bicyclic) bond motifs is 1. The number of aliphatic carboxylic acids is 1. The van der Waals surface area contributed by atoms with Gasteiger partial charge in [-0.05, 0) is 37.0 Å². The highest BCUT2D eigenvalue weighted by atomic mass is 19.1. The van der Waals surface area contributed by atoms with Crippen molar-refractivity contribution in [2.45, 2.75) is 31.7 Å². The van der Waals surface area contributed by atoms with Crippen molar-refractivity contribution in [1.29, 1.82) is 0 Å². The molecule has 1 aromatic heterocycles. The minimum absolute atomic E-state index is 0.00946. The first-order chi connectivity index (χ1) is 12.0. The van der Waals surface area contributed by atoms with E-state index in [9.17, 15) is 19.1 Å². The number of amides is 1. The van der Waals surface area contributed by atoms with Crippen LogP contribution in [0, 0.1) is 5.82 Å². The van der Waals surface area contributed by atoms with E-state index in [4.69, 9.17) is 9.26 Å². The number of hydrogen-bond donors (Lipinski definition) is 2. The van der Waals surface area contributed by atoms with Gasteiger partial charge in [-0.15, -0.1) is 0 Å². The van der Waals surface area contributed by atoms with Crippen LogP contribution in [0.4, 0.5) is 4.39 Å². The predicted molar refractivity (Wildman–Crippen MR) is 83.9 cm³/mol. The zero-order valence-corrected chi connectivity index (χ0v) is 13.5. The molecule has 1 atom stereocenters. The average molecular weight is 348 g/mol. The molecule has 25 heavy (non-hydrogen) atoms. The van der Waals surface area contributed by atoms with Gasteiger partial charge < -0.3 is 19.7 Å². The molecule has 132 valence electrons. The first-order valence-electron chi connectivity index (χ1n) is 7.85. The maximum Gasteiger partial charge on any atom is 0.330 e. The van der Waals surface area contributed by atoms with Gasteiger partial charge in [-0.3, -0.25) is 4.79 Å². The van der Waals surface area contributed by atoms with E-state index in [1.165, 1.54) is 19.2 Å². The van der Waals surface area contributed by atoms with E-state index >= 15 is 0 Å². The Kier molecular flexibility index (Phi) is 4.69. The summed E-state index contributed by atoms with van der Waals surface area (Å²) in [5, 5.41) is 15.6. The van der Waals surface area contributed by atoms with Crippen LogP contribution in [0.25, 0.3) is 0 Å². The fourth-order valence-corrected chi connectivity index (χ4v) is 2.91. The number of methoxy groups -OCH3 is 1. The Balaban J connectivity index is 1.85. The van der Waals surface area contributed by atoms with E-state index in [1.807, 2.05) is 0 Å². The SMILES string of the molecule is COc1ccc(C(NC(=O)c2noc3c2CCCC3)C(=O)O)cc1F. The van der Waals surface area contributed by atoms with Crippen LogP contribution in [0.5, 0.6) is 5.75 Å². The molecule has 1 amide bonds. The number of carboxylic acids is 1. The molecule has 0 saturated carbocycles. The lowest BCUT2D eigenvalue weighted by Gasteiger charge is -2.16. The van der Waals surface area contributed by atoms with E-state index < -0.39 is 23.7 Å². The Bertz CT molecular complexity index is 817. The first-order valence-corrected chi connectivity index (χ1v) is 7.85. The highest BCUT2D eigenvalue weighted by Gasteiger charge is 2.29.